The maximum Gasteiger partial charge on any atom is 0.246 e. The van der Waals surface area contributed by atoms with Gasteiger partial charge < -0.3 is 9.47 Å². The average molecular weight is 332 g/mol. The lowest BCUT2D eigenvalue weighted by Gasteiger charge is -2.32. The van der Waals surface area contributed by atoms with Crippen LogP contribution in [0.1, 0.15) is 30.0 Å². The highest BCUT2D eigenvalue weighted by molar-refractivity contribution is 5.91. The molecule has 0 radical (unpaired) electrons. The number of piperidine rings is 1. The lowest BCUT2D eigenvalue weighted by Crippen LogP contribution is -2.38. The summed E-state index contributed by atoms with van der Waals surface area (Å²) in [7, 11) is 2.01. The van der Waals surface area contributed by atoms with Gasteiger partial charge in [-0.15, -0.1) is 12.4 Å². The van der Waals surface area contributed by atoms with Crippen LogP contribution in [0, 0.1) is 0 Å². The maximum atomic E-state index is 12.4. The van der Waals surface area contributed by atoms with Crippen LogP contribution >= 0.6 is 12.4 Å². The van der Waals surface area contributed by atoms with Crippen molar-refractivity contribution in [3.63, 3.8) is 0 Å². The molecule has 1 saturated heterocycles. The van der Waals surface area contributed by atoms with E-state index in [0.717, 1.165) is 31.5 Å². The van der Waals surface area contributed by atoms with Crippen LogP contribution < -0.4 is 0 Å². The molecule has 1 aromatic carbocycles. The molecule has 0 bridgehead atoms. The predicted molar refractivity (Wildman–Crippen MR) is 94.5 cm³/mol. The highest BCUT2D eigenvalue weighted by Crippen LogP contribution is 2.26. The SMILES string of the molecule is Cl.Cn1cncc1C1CCCN(C(=O)C=Cc2ccccc2)C1. The Kier molecular flexibility index (Phi) is 5.99. The van der Waals surface area contributed by atoms with Crippen molar-refractivity contribution in [2.24, 2.45) is 7.05 Å². The largest absolute Gasteiger partial charge is 0.338 e. The number of hydrogen-bond donors (Lipinski definition) is 0. The Morgan fingerprint density at radius 1 is 1.30 bits per heavy atom. The van der Waals surface area contributed by atoms with Crippen LogP contribution in [0.25, 0.3) is 6.08 Å². The lowest BCUT2D eigenvalue weighted by molar-refractivity contribution is -0.127. The molecule has 0 spiro atoms. The monoisotopic (exact) mass is 331 g/mol. The normalized spacial score (nSPS) is 18.0. The molecular weight excluding hydrogens is 310 g/mol. The molecule has 1 atom stereocenters. The molecule has 2 heterocycles. The summed E-state index contributed by atoms with van der Waals surface area (Å²) in [5, 5.41) is 0. The molecule has 1 aliphatic heterocycles. The topological polar surface area (TPSA) is 38.1 Å². The first-order valence-corrected chi connectivity index (χ1v) is 7.72. The number of aromatic nitrogens is 2. The minimum atomic E-state index is 0. The zero-order valence-corrected chi connectivity index (χ0v) is 14.1. The van der Waals surface area contributed by atoms with Crippen molar-refractivity contribution in [2.45, 2.75) is 18.8 Å². The average Bonchev–Trinajstić information content (AvgIpc) is 3.00. The van der Waals surface area contributed by atoms with Gasteiger partial charge in [-0.25, -0.2) is 4.98 Å². The van der Waals surface area contributed by atoms with E-state index in [1.54, 1.807) is 6.08 Å². The first-order valence-electron chi connectivity index (χ1n) is 7.72. The van der Waals surface area contributed by atoms with Crippen LogP contribution in [0.15, 0.2) is 48.9 Å². The fourth-order valence-corrected chi connectivity index (χ4v) is 3.02. The molecule has 122 valence electrons. The molecule has 5 heteroatoms. The molecule has 1 amide bonds. The van der Waals surface area contributed by atoms with Gasteiger partial charge in [-0.1, -0.05) is 30.3 Å². The van der Waals surface area contributed by atoms with Gasteiger partial charge in [0.25, 0.3) is 0 Å². The van der Waals surface area contributed by atoms with Crippen LogP contribution in [0.4, 0.5) is 0 Å². The van der Waals surface area contributed by atoms with E-state index in [4.69, 9.17) is 0 Å². The number of aryl methyl sites for hydroxylation is 1. The number of rotatable bonds is 3. The number of carbonyl (C=O) groups is 1. The third-order valence-corrected chi connectivity index (χ3v) is 4.22. The first kappa shape index (κ1) is 17.3. The van der Waals surface area contributed by atoms with Crippen molar-refractivity contribution < 1.29 is 4.79 Å². The summed E-state index contributed by atoms with van der Waals surface area (Å²) in [5.74, 6) is 0.478. The van der Waals surface area contributed by atoms with Crippen LogP contribution in [0.3, 0.4) is 0 Å². The fraction of sp³-hybridized carbons (Fsp3) is 0.333. The Hall–Kier alpha value is -2.07. The Balaban J connectivity index is 0.00000192. The number of amides is 1. The first-order chi connectivity index (χ1) is 10.7. The van der Waals surface area contributed by atoms with E-state index in [1.807, 2.05) is 60.9 Å². The van der Waals surface area contributed by atoms with Crippen LogP contribution in [-0.2, 0) is 11.8 Å². The molecule has 0 saturated carbocycles. The summed E-state index contributed by atoms with van der Waals surface area (Å²) in [6.45, 7) is 1.61. The molecule has 3 rings (SSSR count). The van der Waals surface area contributed by atoms with E-state index in [-0.39, 0.29) is 18.3 Å². The van der Waals surface area contributed by atoms with Gasteiger partial charge in [-0.2, -0.15) is 0 Å². The molecule has 23 heavy (non-hydrogen) atoms. The zero-order valence-electron chi connectivity index (χ0n) is 13.3. The second-order valence-corrected chi connectivity index (χ2v) is 5.80. The Bertz CT molecular complexity index is 666. The molecule has 1 unspecified atom stereocenters. The summed E-state index contributed by atoms with van der Waals surface area (Å²) < 4.78 is 2.05. The fourth-order valence-electron chi connectivity index (χ4n) is 3.02. The number of imidazole rings is 1. The summed E-state index contributed by atoms with van der Waals surface area (Å²) in [6.07, 6.45) is 9.47. The van der Waals surface area contributed by atoms with Gasteiger partial charge in [-0.3, -0.25) is 4.79 Å². The molecule has 1 aromatic heterocycles. The van der Waals surface area contributed by atoms with Crippen LogP contribution in [0.2, 0.25) is 0 Å². The highest BCUT2D eigenvalue weighted by Gasteiger charge is 2.25. The van der Waals surface area contributed by atoms with Gasteiger partial charge in [0.1, 0.15) is 0 Å². The molecule has 1 fully saturated rings. The Morgan fingerprint density at radius 3 is 2.78 bits per heavy atom. The second kappa shape index (κ2) is 7.97. The Labute approximate surface area is 143 Å². The van der Waals surface area contributed by atoms with E-state index in [0.29, 0.717) is 5.92 Å². The standard InChI is InChI=1S/C18H21N3O.ClH/c1-20-14-19-12-17(20)16-8-5-11-21(13-16)18(22)10-9-15-6-3-2-4-7-15;/h2-4,6-7,9-10,12,14,16H,5,8,11,13H2,1H3;1H. The summed E-state index contributed by atoms with van der Waals surface area (Å²) in [5.41, 5.74) is 2.26. The van der Waals surface area contributed by atoms with Gasteiger partial charge in [0.15, 0.2) is 0 Å². The molecule has 0 aliphatic carbocycles. The van der Waals surface area contributed by atoms with E-state index < -0.39 is 0 Å². The molecule has 2 aromatic rings. The number of carbonyl (C=O) groups excluding carboxylic acids is 1. The van der Waals surface area contributed by atoms with Gasteiger partial charge in [-0.05, 0) is 24.5 Å². The molecule has 4 nitrogen and oxygen atoms in total. The number of hydrogen-bond acceptors (Lipinski definition) is 2. The highest BCUT2D eigenvalue weighted by atomic mass is 35.5. The Morgan fingerprint density at radius 2 is 2.09 bits per heavy atom. The molecular formula is C18H22ClN3O. The third-order valence-electron chi connectivity index (χ3n) is 4.22. The minimum Gasteiger partial charge on any atom is -0.338 e. The summed E-state index contributed by atoms with van der Waals surface area (Å²) >= 11 is 0. The van der Waals surface area contributed by atoms with Crippen molar-refractivity contribution in [3.8, 4) is 0 Å². The lowest BCUT2D eigenvalue weighted by atomic mass is 9.95. The maximum absolute atomic E-state index is 12.4. The van der Waals surface area contributed by atoms with Crippen molar-refractivity contribution in [1.29, 1.82) is 0 Å². The number of nitrogens with zero attached hydrogens (tertiary/aromatic N) is 3. The second-order valence-electron chi connectivity index (χ2n) is 5.80. The van der Waals surface area contributed by atoms with E-state index in [9.17, 15) is 4.79 Å². The number of likely N-dealkylation sites (tertiary alicyclic amines) is 1. The minimum absolute atomic E-state index is 0. The van der Waals surface area contributed by atoms with E-state index >= 15 is 0 Å². The van der Waals surface area contributed by atoms with Crippen molar-refractivity contribution in [2.75, 3.05) is 13.1 Å². The van der Waals surface area contributed by atoms with Crippen LogP contribution in [-0.4, -0.2) is 33.4 Å². The molecule has 1 aliphatic rings. The van der Waals surface area contributed by atoms with Gasteiger partial charge >= 0.3 is 0 Å². The number of benzene rings is 1. The van der Waals surface area contributed by atoms with Gasteiger partial charge in [0.2, 0.25) is 5.91 Å². The van der Waals surface area contributed by atoms with Crippen molar-refractivity contribution in [1.82, 2.24) is 14.5 Å². The summed E-state index contributed by atoms with van der Waals surface area (Å²) in [4.78, 5) is 18.5. The zero-order chi connectivity index (χ0) is 15.4. The van der Waals surface area contributed by atoms with Crippen molar-refractivity contribution >= 4 is 24.4 Å². The summed E-state index contributed by atoms with van der Waals surface area (Å²) in [6, 6.07) is 9.92. The predicted octanol–water partition coefficient (Wildman–Crippen LogP) is 3.26. The van der Waals surface area contributed by atoms with Gasteiger partial charge in [0.05, 0.1) is 6.33 Å². The van der Waals surface area contributed by atoms with Crippen molar-refractivity contribution in [3.05, 3.63) is 60.2 Å². The van der Waals surface area contributed by atoms with Gasteiger partial charge in [0, 0.05) is 44.0 Å². The third kappa shape index (κ3) is 4.23. The van der Waals surface area contributed by atoms with E-state index in [2.05, 4.69) is 9.55 Å². The van der Waals surface area contributed by atoms with Crippen LogP contribution in [0.5, 0.6) is 0 Å². The quantitative estimate of drug-likeness (QED) is 0.810. The number of halogens is 1. The smallest absolute Gasteiger partial charge is 0.246 e. The van der Waals surface area contributed by atoms with E-state index in [1.165, 1.54) is 5.69 Å². The molecule has 0 N–H and O–H groups in total.